The minimum atomic E-state index is -0.163. The quantitative estimate of drug-likeness (QED) is 0.715. The molecule has 1 amide bonds. The Kier molecular flexibility index (Phi) is 4.05. The first-order chi connectivity index (χ1) is 10.9. The van der Waals surface area contributed by atoms with Crippen molar-refractivity contribution < 1.29 is 4.79 Å². The third kappa shape index (κ3) is 3.20. The van der Waals surface area contributed by atoms with Crippen molar-refractivity contribution in [3.63, 3.8) is 0 Å². The summed E-state index contributed by atoms with van der Waals surface area (Å²) in [7, 11) is 0. The standard InChI is InChI=1S/C19H17ClN2O/c1-11-4-6-18-14(8-11)10-16(13(3)21-18)19(23)22-17-7-5-15(20)9-12(17)2/h4-10H,1-3H3,(H,22,23). The van der Waals surface area contributed by atoms with Crippen molar-refractivity contribution in [3.8, 4) is 0 Å². The van der Waals surface area contributed by atoms with Crippen LogP contribution in [0.5, 0.6) is 0 Å². The number of halogens is 1. The van der Waals surface area contributed by atoms with E-state index < -0.39 is 0 Å². The predicted octanol–water partition coefficient (Wildman–Crippen LogP) is 5.07. The smallest absolute Gasteiger partial charge is 0.257 e. The van der Waals surface area contributed by atoms with E-state index in [4.69, 9.17) is 11.6 Å². The molecule has 0 aliphatic carbocycles. The van der Waals surface area contributed by atoms with Crippen LogP contribution in [0.1, 0.15) is 27.2 Å². The van der Waals surface area contributed by atoms with Crippen molar-refractivity contribution >= 4 is 34.1 Å². The van der Waals surface area contributed by atoms with E-state index >= 15 is 0 Å². The van der Waals surface area contributed by atoms with Gasteiger partial charge < -0.3 is 5.32 Å². The van der Waals surface area contributed by atoms with E-state index in [1.54, 1.807) is 6.07 Å². The second-order valence-corrected chi connectivity index (χ2v) is 6.17. The van der Waals surface area contributed by atoms with Crippen molar-refractivity contribution in [2.45, 2.75) is 20.8 Å². The molecule has 1 heterocycles. The predicted molar refractivity (Wildman–Crippen MR) is 95.4 cm³/mol. The fourth-order valence-electron chi connectivity index (χ4n) is 2.58. The van der Waals surface area contributed by atoms with Crippen molar-refractivity contribution in [3.05, 3.63) is 69.9 Å². The molecular formula is C19H17ClN2O. The van der Waals surface area contributed by atoms with Gasteiger partial charge in [0.25, 0.3) is 5.91 Å². The van der Waals surface area contributed by atoms with E-state index in [1.165, 1.54) is 0 Å². The number of carbonyl (C=O) groups excluding carboxylic acids is 1. The number of aryl methyl sites for hydroxylation is 3. The highest BCUT2D eigenvalue weighted by Crippen LogP contribution is 2.22. The third-order valence-corrected chi connectivity index (χ3v) is 4.08. The fourth-order valence-corrected chi connectivity index (χ4v) is 2.81. The van der Waals surface area contributed by atoms with Gasteiger partial charge in [-0.15, -0.1) is 0 Å². The van der Waals surface area contributed by atoms with Gasteiger partial charge in [-0.25, -0.2) is 0 Å². The number of benzene rings is 2. The van der Waals surface area contributed by atoms with E-state index in [2.05, 4.69) is 10.3 Å². The maximum Gasteiger partial charge on any atom is 0.257 e. The maximum absolute atomic E-state index is 12.6. The number of nitrogens with zero attached hydrogens (tertiary/aromatic N) is 1. The number of aromatic nitrogens is 1. The first kappa shape index (κ1) is 15.5. The van der Waals surface area contributed by atoms with Gasteiger partial charge in [-0.1, -0.05) is 23.2 Å². The van der Waals surface area contributed by atoms with Crippen LogP contribution in [-0.2, 0) is 0 Å². The molecule has 3 nitrogen and oxygen atoms in total. The molecule has 0 radical (unpaired) electrons. The van der Waals surface area contributed by atoms with E-state index in [1.807, 2.05) is 57.2 Å². The van der Waals surface area contributed by atoms with Gasteiger partial charge in [-0.05, 0) is 62.7 Å². The van der Waals surface area contributed by atoms with Gasteiger partial charge in [0.05, 0.1) is 16.8 Å². The van der Waals surface area contributed by atoms with Crippen LogP contribution in [0.4, 0.5) is 5.69 Å². The van der Waals surface area contributed by atoms with Crippen molar-refractivity contribution in [2.24, 2.45) is 0 Å². The highest BCUT2D eigenvalue weighted by molar-refractivity contribution is 6.30. The van der Waals surface area contributed by atoms with Gasteiger partial charge in [-0.2, -0.15) is 0 Å². The Morgan fingerprint density at radius 3 is 2.57 bits per heavy atom. The largest absolute Gasteiger partial charge is 0.322 e. The zero-order valence-corrected chi connectivity index (χ0v) is 14.0. The molecule has 3 aromatic rings. The first-order valence-electron chi connectivity index (χ1n) is 7.39. The normalized spacial score (nSPS) is 10.8. The van der Waals surface area contributed by atoms with E-state index in [0.717, 1.165) is 27.7 Å². The van der Waals surface area contributed by atoms with Crippen LogP contribution in [-0.4, -0.2) is 10.9 Å². The molecule has 116 valence electrons. The number of rotatable bonds is 2. The summed E-state index contributed by atoms with van der Waals surface area (Å²) in [4.78, 5) is 17.2. The number of anilines is 1. The van der Waals surface area contributed by atoms with Crippen LogP contribution >= 0.6 is 11.6 Å². The lowest BCUT2D eigenvalue weighted by molar-refractivity contribution is 0.102. The molecule has 1 aromatic heterocycles. The van der Waals surface area contributed by atoms with Crippen LogP contribution in [0.25, 0.3) is 10.9 Å². The fraction of sp³-hybridized carbons (Fsp3) is 0.158. The second kappa shape index (κ2) is 6.01. The van der Waals surface area contributed by atoms with Gasteiger partial charge >= 0.3 is 0 Å². The van der Waals surface area contributed by atoms with Crippen molar-refractivity contribution in [1.29, 1.82) is 0 Å². The lowest BCUT2D eigenvalue weighted by atomic mass is 10.1. The summed E-state index contributed by atoms with van der Waals surface area (Å²) in [6.45, 7) is 5.79. The van der Waals surface area contributed by atoms with Crippen LogP contribution in [0.15, 0.2) is 42.5 Å². The minimum Gasteiger partial charge on any atom is -0.322 e. The Balaban J connectivity index is 1.98. The average Bonchev–Trinajstić information content (AvgIpc) is 2.49. The zero-order valence-electron chi connectivity index (χ0n) is 13.3. The number of hydrogen-bond acceptors (Lipinski definition) is 2. The van der Waals surface area contributed by atoms with Crippen molar-refractivity contribution in [1.82, 2.24) is 4.98 Å². The lowest BCUT2D eigenvalue weighted by Gasteiger charge is -2.11. The summed E-state index contributed by atoms with van der Waals surface area (Å²) in [5, 5.41) is 4.55. The third-order valence-electron chi connectivity index (χ3n) is 3.84. The summed E-state index contributed by atoms with van der Waals surface area (Å²) in [6, 6.07) is 13.3. The highest BCUT2D eigenvalue weighted by atomic mass is 35.5. The number of pyridine rings is 1. The Labute approximate surface area is 140 Å². The first-order valence-corrected chi connectivity index (χ1v) is 7.77. The van der Waals surface area contributed by atoms with Gasteiger partial charge in [0.1, 0.15) is 0 Å². The van der Waals surface area contributed by atoms with Gasteiger partial charge in [0, 0.05) is 16.1 Å². The number of amides is 1. The topological polar surface area (TPSA) is 42.0 Å². The molecule has 3 rings (SSSR count). The molecule has 0 spiro atoms. The number of fused-ring (bicyclic) bond motifs is 1. The summed E-state index contributed by atoms with van der Waals surface area (Å²) < 4.78 is 0. The number of hydrogen-bond donors (Lipinski definition) is 1. The van der Waals surface area contributed by atoms with E-state index in [-0.39, 0.29) is 5.91 Å². The summed E-state index contributed by atoms with van der Waals surface area (Å²) >= 11 is 5.95. The monoisotopic (exact) mass is 324 g/mol. The lowest BCUT2D eigenvalue weighted by Crippen LogP contribution is -2.15. The molecule has 4 heteroatoms. The van der Waals surface area contributed by atoms with E-state index in [0.29, 0.717) is 16.3 Å². The van der Waals surface area contributed by atoms with Crippen LogP contribution < -0.4 is 5.32 Å². The minimum absolute atomic E-state index is 0.163. The Morgan fingerprint density at radius 2 is 1.83 bits per heavy atom. The van der Waals surface area contributed by atoms with Crippen LogP contribution in [0, 0.1) is 20.8 Å². The molecule has 0 saturated carbocycles. The second-order valence-electron chi connectivity index (χ2n) is 5.73. The van der Waals surface area contributed by atoms with Gasteiger partial charge in [0.15, 0.2) is 0 Å². The maximum atomic E-state index is 12.6. The molecule has 0 unspecified atom stereocenters. The van der Waals surface area contributed by atoms with Gasteiger partial charge in [-0.3, -0.25) is 9.78 Å². The Bertz CT molecular complexity index is 919. The summed E-state index contributed by atoms with van der Waals surface area (Å²) in [5.74, 6) is -0.163. The Morgan fingerprint density at radius 1 is 1.04 bits per heavy atom. The molecule has 0 bridgehead atoms. The van der Waals surface area contributed by atoms with Crippen LogP contribution in [0.2, 0.25) is 5.02 Å². The molecule has 1 N–H and O–H groups in total. The summed E-state index contributed by atoms with van der Waals surface area (Å²) in [5.41, 5.74) is 5.01. The summed E-state index contributed by atoms with van der Waals surface area (Å²) in [6.07, 6.45) is 0. The highest BCUT2D eigenvalue weighted by Gasteiger charge is 2.13. The molecule has 0 fully saturated rings. The number of nitrogens with one attached hydrogen (secondary N) is 1. The van der Waals surface area contributed by atoms with Crippen LogP contribution in [0.3, 0.4) is 0 Å². The van der Waals surface area contributed by atoms with E-state index in [9.17, 15) is 4.79 Å². The number of carbonyl (C=O) groups is 1. The molecule has 0 saturated heterocycles. The SMILES string of the molecule is Cc1ccc2nc(C)c(C(=O)Nc3ccc(Cl)cc3C)cc2c1. The van der Waals surface area contributed by atoms with Gasteiger partial charge in [0.2, 0.25) is 0 Å². The Hall–Kier alpha value is -2.39. The molecule has 0 atom stereocenters. The average molecular weight is 325 g/mol. The molecule has 23 heavy (non-hydrogen) atoms. The zero-order chi connectivity index (χ0) is 16.6. The molecule has 0 aliphatic rings. The van der Waals surface area contributed by atoms with Crippen molar-refractivity contribution in [2.75, 3.05) is 5.32 Å². The molecular weight excluding hydrogens is 308 g/mol. The molecule has 2 aromatic carbocycles. The molecule has 0 aliphatic heterocycles.